The topological polar surface area (TPSA) is 95.5 Å². The maximum Gasteiger partial charge on any atom is 0.305 e. The van der Waals surface area contributed by atoms with Crippen molar-refractivity contribution >= 4 is 17.8 Å². The molecular formula is C11H18N2O4. The second-order valence-corrected chi connectivity index (χ2v) is 4.98. The molecule has 0 aromatic rings. The summed E-state index contributed by atoms with van der Waals surface area (Å²) < 4.78 is 0. The SMILES string of the molecule is CC(C)(CC(=O)O)NC(=O)C1CCC(=O)NC1. The van der Waals surface area contributed by atoms with E-state index in [1.54, 1.807) is 13.8 Å². The monoisotopic (exact) mass is 242 g/mol. The molecule has 0 bridgehead atoms. The second kappa shape index (κ2) is 5.16. The van der Waals surface area contributed by atoms with Crippen LogP contribution in [0.5, 0.6) is 0 Å². The molecule has 0 spiro atoms. The molecule has 1 fully saturated rings. The average Bonchev–Trinajstić information content (AvgIpc) is 2.15. The highest BCUT2D eigenvalue weighted by molar-refractivity contribution is 5.84. The van der Waals surface area contributed by atoms with Gasteiger partial charge in [-0.15, -0.1) is 0 Å². The summed E-state index contributed by atoms with van der Waals surface area (Å²) in [7, 11) is 0. The zero-order valence-electron chi connectivity index (χ0n) is 10.1. The molecule has 0 radical (unpaired) electrons. The van der Waals surface area contributed by atoms with Gasteiger partial charge in [-0.3, -0.25) is 14.4 Å². The number of carbonyl (C=O) groups excluding carboxylic acids is 2. The van der Waals surface area contributed by atoms with Crippen molar-refractivity contribution in [3.63, 3.8) is 0 Å². The lowest BCUT2D eigenvalue weighted by molar-refractivity contribution is -0.139. The van der Waals surface area contributed by atoms with Crippen LogP contribution in [0.3, 0.4) is 0 Å². The molecule has 1 atom stereocenters. The highest BCUT2D eigenvalue weighted by Gasteiger charge is 2.30. The molecule has 1 heterocycles. The third-order valence-electron chi connectivity index (χ3n) is 2.69. The van der Waals surface area contributed by atoms with Crippen LogP contribution in [0.1, 0.15) is 33.1 Å². The number of piperidine rings is 1. The molecule has 1 rings (SSSR count). The van der Waals surface area contributed by atoms with E-state index in [9.17, 15) is 14.4 Å². The third kappa shape index (κ3) is 4.42. The summed E-state index contributed by atoms with van der Waals surface area (Å²) in [5.41, 5.74) is -0.773. The average molecular weight is 242 g/mol. The number of rotatable bonds is 4. The number of hydrogen-bond acceptors (Lipinski definition) is 3. The molecule has 6 heteroatoms. The molecule has 1 saturated heterocycles. The van der Waals surface area contributed by atoms with Crippen molar-refractivity contribution in [3.05, 3.63) is 0 Å². The van der Waals surface area contributed by atoms with Gasteiger partial charge in [-0.2, -0.15) is 0 Å². The van der Waals surface area contributed by atoms with Crippen LogP contribution < -0.4 is 10.6 Å². The van der Waals surface area contributed by atoms with Crippen LogP contribution in [-0.4, -0.2) is 35.0 Å². The minimum atomic E-state index is -0.952. The van der Waals surface area contributed by atoms with Crippen LogP contribution in [-0.2, 0) is 14.4 Å². The predicted molar refractivity (Wildman–Crippen MR) is 60.2 cm³/mol. The fraction of sp³-hybridized carbons (Fsp3) is 0.727. The predicted octanol–water partition coefficient (Wildman–Crippen LogP) is -0.118. The number of amides is 2. The summed E-state index contributed by atoms with van der Waals surface area (Å²) >= 11 is 0. The van der Waals surface area contributed by atoms with Gasteiger partial charge in [-0.05, 0) is 20.3 Å². The van der Waals surface area contributed by atoms with Gasteiger partial charge in [0.05, 0.1) is 12.3 Å². The number of hydrogen-bond donors (Lipinski definition) is 3. The summed E-state index contributed by atoms with van der Waals surface area (Å²) in [6, 6.07) is 0. The molecule has 0 aromatic carbocycles. The molecule has 0 aromatic heterocycles. The lowest BCUT2D eigenvalue weighted by Crippen LogP contribution is -2.50. The van der Waals surface area contributed by atoms with Gasteiger partial charge in [-0.25, -0.2) is 0 Å². The maximum absolute atomic E-state index is 11.8. The second-order valence-electron chi connectivity index (χ2n) is 4.98. The normalized spacial score (nSPS) is 20.6. The van der Waals surface area contributed by atoms with Crippen molar-refractivity contribution in [1.29, 1.82) is 0 Å². The molecule has 1 unspecified atom stereocenters. The van der Waals surface area contributed by atoms with Crippen LogP contribution in [0.25, 0.3) is 0 Å². The lowest BCUT2D eigenvalue weighted by atomic mass is 9.95. The summed E-state index contributed by atoms with van der Waals surface area (Å²) in [4.78, 5) is 33.4. The van der Waals surface area contributed by atoms with Crippen LogP contribution in [0, 0.1) is 5.92 Å². The molecule has 2 amide bonds. The van der Waals surface area contributed by atoms with Crippen molar-refractivity contribution in [3.8, 4) is 0 Å². The number of carboxylic acids is 1. The summed E-state index contributed by atoms with van der Waals surface area (Å²) in [6.07, 6.45) is 0.732. The van der Waals surface area contributed by atoms with E-state index in [0.29, 0.717) is 19.4 Å². The van der Waals surface area contributed by atoms with Crippen LogP contribution in [0.15, 0.2) is 0 Å². The first kappa shape index (κ1) is 13.5. The highest BCUT2D eigenvalue weighted by atomic mass is 16.4. The molecule has 96 valence electrons. The van der Waals surface area contributed by atoms with Crippen molar-refractivity contribution in [1.82, 2.24) is 10.6 Å². The van der Waals surface area contributed by atoms with Crippen molar-refractivity contribution in [2.24, 2.45) is 5.92 Å². The van der Waals surface area contributed by atoms with E-state index < -0.39 is 11.5 Å². The Hall–Kier alpha value is -1.59. The molecule has 0 saturated carbocycles. The van der Waals surface area contributed by atoms with Crippen molar-refractivity contribution in [2.75, 3.05) is 6.54 Å². The van der Waals surface area contributed by atoms with Crippen LogP contribution >= 0.6 is 0 Å². The minimum Gasteiger partial charge on any atom is -0.481 e. The number of nitrogens with one attached hydrogen (secondary N) is 2. The van der Waals surface area contributed by atoms with E-state index in [1.165, 1.54) is 0 Å². The molecule has 6 nitrogen and oxygen atoms in total. The van der Waals surface area contributed by atoms with E-state index in [1.807, 2.05) is 0 Å². The molecule has 0 aliphatic carbocycles. The molecule has 1 aliphatic heterocycles. The Labute approximate surface area is 99.8 Å². The van der Waals surface area contributed by atoms with E-state index in [-0.39, 0.29) is 24.2 Å². The number of carbonyl (C=O) groups is 3. The minimum absolute atomic E-state index is 0.0427. The number of aliphatic carboxylic acids is 1. The van der Waals surface area contributed by atoms with Gasteiger partial charge >= 0.3 is 5.97 Å². The van der Waals surface area contributed by atoms with Gasteiger partial charge in [-0.1, -0.05) is 0 Å². The Morgan fingerprint density at radius 1 is 1.53 bits per heavy atom. The van der Waals surface area contributed by atoms with Gasteiger partial charge in [0.25, 0.3) is 0 Å². The fourth-order valence-electron chi connectivity index (χ4n) is 1.81. The van der Waals surface area contributed by atoms with Gasteiger partial charge in [0, 0.05) is 18.5 Å². The van der Waals surface area contributed by atoms with E-state index >= 15 is 0 Å². The third-order valence-corrected chi connectivity index (χ3v) is 2.69. The first-order chi connectivity index (χ1) is 7.80. The molecule has 3 N–H and O–H groups in total. The van der Waals surface area contributed by atoms with E-state index in [4.69, 9.17) is 5.11 Å². The smallest absolute Gasteiger partial charge is 0.305 e. The highest BCUT2D eigenvalue weighted by Crippen LogP contribution is 2.14. The Balaban J connectivity index is 2.48. The zero-order valence-corrected chi connectivity index (χ0v) is 10.1. The number of carboxylic acid groups (broad SMARTS) is 1. The first-order valence-electron chi connectivity index (χ1n) is 5.61. The molecule has 1 aliphatic rings. The van der Waals surface area contributed by atoms with Gasteiger partial charge < -0.3 is 15.7 Å². The quantitative estimate of drug-likeness (QED) is 0.640. The fourth-order valence-corrected chi connectivity index (χ4v) is 1.81. The van der Waals surface area contributed by atoms with Gasteiger partial charge in [0.15, 0.2) is 0 Å². The van der Waals surface area contributed by atoms with Crippen LogP contribution in [0.2, 0.25) is 0 Å². The molecule has 17 heavy (non-hydrogen) atoms. The van der Waals surface area contributed by atoms with Crippen molar-refractivity contribution in [2.45, 2.75) is 38.6 Å². The Bertz CT molecular complexity index is 328. The van der Waals surface area contributed by atoms with E-state index in [2.05, 4.69) is 10.6 Å². The zero-order chi connectivity index (χ0) is 13.1. The van der Waals surface area contributed by atoms with Crippen LogP contribution in [0.4, 0.5) is 0 Å². The van der Waals surface area contributed by atoms with Gasteiger partial charge in [0.1, 0.15) is 0 Å². The maximum atomic E-state index is 11.8. The summed E-state index contributed by atoms with van der Waals surface area (Å²) in [5.74, 6) is -1.46. The summed E-state index contributed by atoms with van der Waals surface area (Å²) in [6.45, 7) is 3.66. The largest absolute Gasteiger partial charge is 0.481 e. The Kier molecular flexibility index (Phi) is 4.09. The molecular weight excluding hydrogens is 224 g/mol. The van der Waals surface area contributed by atoms with Crippen molar-refractivity contribution < 1.29 is 19.5 Å². The standard InChI is InChI=1S/C11H18N2O4/c1-11(2,5-9(15)16)13-10(17)7-3-4-8(14)12-6-7/h7H,3-6H2,1-2H3,(H,12,14)(H,13,17)(H,15,16). The first-order valence-corrected chi connectivity index (χ1v) is 5.61. The summed E-state index contributed by atoms with van der Waals surface area (Å²) in [5, 5.41) is 14.0. The van der Waals surface area contributed by atoms with Gasteiger partial charge in [0.2, 0.25) is 11.8 Å². The Morgan fingerprint density at radius 2 is 2.18 bits per heavy atom. The lowest BCUT2D eigenvalue weighted by Gasteiger charge is -2.29. The Morgan fingerprint density at radius 3 is 2.65 bits per heavy atom. The van der Waals surface area contributed by atoms with E-state index in [0.717, 1.165) is 0 Å².